The Morgan fingerprint density at radius 1 is 1.33 bits per heavy atom. The monoisotopic (exact) mass is 296 g/mol. The lowest BCUT2D eigenvalue weighted by atomic mass is 9.82. The summed E-state index contributed by atoms with van der Waals surface area (Å²) in [6, 6.07) is 5.02. The number of nitrogens with two attached hydrogens (primary N) is 1. The molecule has 0 bridgehead atoms. The molecule has 1 aromatic carbocycles. The second-order valence-corrected chi connectivity index (χ2v) is 6.58. The SMILES string of the molecule is Cc1ccc(C(C)(CN)CNC(=O)OC(C)(C)C)cc1F. The van der Waals surface area contributed by atoms with Crippen LogP contribution in [-0.2, 0) is 10.2 Å². The van der Waals surface area contributed by atoms with Crippen LogP contribution in [0.5, 0.6) is 0 Å². The molecule has 0 spiro atoms. The molecule has 0 saturated heterocycles. The van der Waals surface area contributed by atoms with E-state index in [1.54, 1.807) is 33.8 Å². The zero-order chi connectivity index (χ0) is 16.3. The Morgan fingerprint density at radius 3 is 2.43 bits per heavy atom. The van der Waals surface area contributed by atoms with Crippen LogP contribution in [0, 0.1) is 12.7 Å². The molecule has 4 nitrogen and oxygen atoms in total. The smallest absolute Gasteiger partial charge is 0.407 e. The molecule has 1 atom stereocenters. The van der Waals surface area contributed by atoms with Gasteiger partial charge in [0.15, 0.2) is 0 Å². The van der Waals surface area contributed by atoms with Crippen LogP contribution in [0.1, 0.15) is 38.8 Å². The molecule has 3 N–H and O–H groups in total. The Labute approximate surface area is 125 Å². The van der Waals surface area contributed by atoms with Gasteiger partial charge in [0, 0.05) is 18.5 Å². The summed E-state index contributed by atoms with van der Waals surface area (Å²) in [5, 5.41) is 2.70. The van der Waals surface area contributed by atoms with Gasteiger partial charge in [-0.3, -0.25) is 0 Å². The van der Waals surface area contributed by atoms with Crippen LogP contribution in [0.4, 0.5) is 9.18 Å². The molecule has 1 rings (SSSR count). The minimum Gasteiger partial charge on any atom is -0.444 e. The van der Waals surface area contributed by atoms with Crippen molar-refractivity contribution in [3.05, 3.63) is 35.1 Å². The normalized spacial score (nSPS) is 14.4. The van der Waals surface area contributed by atoms with E-state index in [1.165, 1.54) is 6.07 Å². The summed E-state index contributed by atoms with van der Waals surface area (Å²) in [6.45, 7) is 9.54. The fourth-order valence-corrected chi connectivity index (χ4v) is 1.84. The predicted molar refractivity (Wildman–Crippen MR) is 81.8 cm³/mol. The number of nitrogens with one attached hydrogen (secondary N) is 1. The lowest BCUT2D eigenvalue weighted by Gasteiger charge is -2.30. The third-order valence-electron chi connectivity index (χ3n) is 3.34. The number of aryl methyl sites for hydroxylation is 1. The third kappa shape index (κ3) is 5.01. The lowest BCUT2D eigenvalue weighted by molar-refractivity contribution is 0.0516. The number of hydrogen-bond donors (Lipinski definition) is 2. The van der Waals surface area contributed by atoms with Gasteiger partial charge in [0.1, 0.15) is 11.4 Å². The van der Waals surface area contributed by atoms with Crippen molar-refractivity contribution in [2.75, 3.05) is 13.1 Å². The molecule has 0 aliphatic rings. The zero-order valence-electron chi connectivity index (χ0n) is 13.4. The number of benzene rings is 1. The van der Waals surface area contributed by atoms with Gasteiger partial charge in [-0.1, -0.05) is 19.1 Å². The Hall–Kier alpha value is -1.62. The predicted octanol–water partition coefficient (Wildman–Crippen LogP) is 2.88. The van der Waals surface area contributed by atoms with Gasteiger partial charge < -0.3 is 15.8 Å². The minimum atomic E-state index is -0.556. The molecule has 21 heavy (non-hydrogen) atoms. The molecule has 0 saturated carbocycles. The Morgan fingerprint density at radius 2 is 1.95 bits per heavy atom. The molecule has 1 unspecified atom stereocenters. The molecule has 0 aliphatic heterocycles. The highest BCUT2D eigenvalue weighted by atomic mass is 19.1. The van der Waals surface area contributed by atoms with Crippen LogP contribution < -0.4 is 11.1 Å². The maximum absolute atomic E-state index is 13.7. The third-order valence-corrected chi connectivity index (χ3v) is 3.34. The number of amides is 1. The zero-order valence-corrected chi connectivity index (χ0v) is 13.4. The number of halogens is 1. The van der Waals surface area contributed by atoms with Crippen molar-refractivity contribution in [2.45, 2.75) is 45.6 Å². The topological polar surface area (TPSA) is 64.3 Å². The number of ether oxygens (including phenoxy) is 1. The van der Waals surface area contributed by atoms with Crippen molar-refractivity contribution in [1.29, 1.82) is 0 Å². The molecule has 1 amide bonds. The van der Waals surface area contributed by atoms with Gasteiger partial charge in [-0.05, 0) is 44.9 Å². The molecule has 5 heteroatoms. The molecule has 0 radical (unpaired) electrons. The van der Waals surface area contributed by atoms with E-state index in [0.717, 1.165) is 5.56 Å². The van der Waals surface area contributed by atoms with Crippen LogP contribution in [0.3, 0.4) is 0 Å². The van der Waals surface area contributed by atoms with Crippen LogP contribution >= 0.6 is 0 Å². The van der Waals surface area contributed by atoms with Crippen molar-refractivity contribution in [3.8, 4) is 0 Å². The molecular weight excluding hydrogens is 271 g/mol. The average molecular weight is 296 g/mol. The Bertz CT molecular complexity index is 511. The number of carbonyl (C=O) groups excluding carboxylic acids is 1. The lowest BCUT2D eigenvalue weighted by Crippen LogP contribution is -2.45. The van der Waals surface area contributed by atoms with Crippen molar-refractivity contribution in [2.24, 2.45) is 5.73 Å². The van der Waals surface area contributed by atoms with Crippen molar-refractivity contribution in [3.63, 3.8) is 0 Å². The van der Waals surface area contributed by atoms with Crippen LogP contribution in [0.25, 0.3) is 0 Å². The fourth-order valence-electron chi connectivity index (χ4n) is 1.84. The summed E-state index contributed by atoms with van der Waals surface area (Å²) in [5.74, 6) is -0.274. The van der Waals surface area contributed by atoms with Crippen molar-refractivity contribution < 1.29 is 13.9 Å². The molecule has 1 aromatic rings. The summed E-state index contributed by atoms with van der Waals surface area (Å²) in [6.07, 6.45) is -0.505. The standard InChI is InChI=1S/C16H25FN2O2/c1-11-6-7-12(8-13(11)17)16(5,9-18)10-19-14(20)21-15(2,3)4/h6-8H,9-10,18H2,1-5H3,(H,19,20). The van der Waals surface area contributed by atoms with Gasteiger partial charge in [0.05, 0.1) is 0 Å². The van der Waals surface area contributed by atoms with E-state index in [9.17, 15) is 9.18 Å². The van der Waals surface area contributed by atoms with Gasteiger partial charge in [0.25, 0.3) is 0 Å². The molecule has 118 valence electrons. The second kappa shape index (κ2) is 6.43. The van der Waals surface area contributed by atoms with Crippen molar-refractivity contribution in [1.82, 2.24) is 5.32 Å². The van der Waals surface area contributed by atoms with Crippen LogP contribution in [-0.4, -0.2) is 24.8 Å². The summed E-state index contributed by atoms with van der Waals surface area (Å²) < 4.78 is 18.9. The fraction of sp³-hybridized carbons (Fsp3) is 0.562. The van der Waals surface area contributed by atoms with Gasteiger partial charge in [-0.2, -0.15) is 0 Å². The van der Waals surface area contributed by atoms with Gasteiger partial charge in [-0.25, -0.2) is 9.18 Å². The first-order chi connectivity index (χ1) is 9.57. The van der Waals surface area contributed by atoms with E-state index < -0.39 is 17.1 Å². The van der Waals surface area contributed by atoms with E-state index in [0.29, 0.717) is 5.56 Å². The largest absolute Gasteiger partial charge is 0.444 e. The van der Waals surface area contributed by atoms with E-state index in [-0.39, 0.29) is 18.9 Å². The number of carbonyl (C=O) groups is 1. The summed E-state index contributed by atoms with van der Waals surface area (Å²) in [7, 11) is 0. The molecule has 0 fully saturated rings. The molecule has 0 heterocycles. The maximum Gasteiger partial charge on any atom is 0.407 e. The number of alkyl carbamates (subject to hydrolysis) is 1. The Balaban J connectivity index is 2.80. The van der Waals surface area contributed by atoms with E-state index in [4.69, 9.17) is 10.5 Å². The number of rotatable bonds is 4. The van der Waals surface area contributed by atoms with Gasteiger partial charge in [-0.15, -0.1) is 0 Å². The molecule has 0 aromatic heterocycles. The average Bonchev–Trinajstić information content (AvgIpc) is 2.37. The first-order valence-corrected chi connectivity index (χ1v) is 7.01. The first kappa shape index (κ1) is 17.4. The first-order valence-electron chi connectivity index (χ1n) is 7.01. The van der Waals surface area contributed by atoms with Crippen LogP contribution in [0.15, 0.2) is 18.2 Å². The van der Waals surface area contributed by atoms with Gasteiger partial charge >= 0.3 is 6.09 Å². The maximum atomic E-state index is 13.7. The highest BCUT2D eigenvalue weighted by Gasteiger charge is 2.27. The summed E-state index contributed by atoms with van der Waals surface area (Å²) in [4.78, 5) is 11.7. The summed E-state index contributed by atoms with van der Waals surface area (Å²) >= 11 is 0. The minimum absolute atomic E-state index is 0.274. The second-order valence-electron chi connectivity index (χ2n) is 6.58. The summed E-state index contributed by atoms with van der Waals surface area (Å²) in [5.41, 5.74) is 6.06. The van der Waals surface area contributed by atoms with Crippen LogP contribution in [0.2, 0.25) is 0 Å². The highest BCUT2D eigenvalue weighted by molar-refractivity contribution is 5.67. The van der Waals surface area contributed by atoms with E-state index >= 15 is 0 Å². The number of hydrogen-bond acceptors (Lipinski definition) is 3. The highest BCUT2D eigenvalue weighted by Crippen LogP contribution is 2.24. The Kier molecular flexibility index (Phi) is 5.34. The molecular formula is C16H25FN2O2. The van der Waals surface area contributed by atoms with Crippen molar-refractivity contribution >= 4 is 6.09 Å². The van der Waals surface area contributed by atoms with Gasteiger partial charge in [0.2, 0.25) is 0 Å². The molecule has 0 aliphatic carbocycles. The van der Waals surface area contributed by atoms with E-state index in [1.807, 2.05) is 13.0 Å². The quantitative estimate of drug-likeness (QED) is 0.898. The van der Waals surface area contributed by atoms with E-state index in [2.05, 4.69) is 5.32 Å².